The van der Waals surface area contributed by atoms with E-state index in [1.54, 1.807) is 24.8 Å². The van der Waals surface area contributed by atoms with Crippen molar-refractivity contribution in [2.75, 3.05) is 44.2 Å². The van der Waals surface area contributed by atoms with Gasteiger partial charge in [-0.25, -0.2) is 0 Å². The number of aromatic amines is 1. The molecule has 1 aromatic heterocycles. The van der Waals surface area contributed by atoms with Crippen molar-refractivity contribution < 1.29 is 4.79 Å². The number of halogens is 1. The average molecular weight is 406 g/mol. The molecule has 144 valence electrons. The highest BCUT2D eigenvalue weighted by Crippen LogP contribution is 2.30. The lowest BCUT2D eigenvalue weighted by Crippen LogP contribution is -2.48. The summed E-state index contributed by atoms with van der Waals surface area (Å²) in [5, 5.41) is 2.72. The van der Waals surface area contributed by atoms with Crippen LogP contribution < -0.4 is 5.73 Å². The molecule has 6 nitrogen and oxygen atoms in total. The number of fused-ring (bicyclic) bond motifs is 1. The minimum absolute atomic E-state index is 0.177. The molecule has 8 heteroatoms. The molecule has 0 spiro atoms. The Labute approximate surface area is 168 Å². The molecule has 0 radical (unpaired) electrons. The van der Waals surface area contributed by atoms with Crippen LogP contribution in [0.1, 0.15) is 19.0 Å². The first kappa shape index (κ1) is 18.7. The number of rotatable bonds is 4. The van der Waals surface area contributed by atoms with E-state index in [0.29, 0.717) is 16.8 Å². The molecule has 0 aliphatic carbocycles. The number of piperazine rings is 1. The Bertz CT molecular complexity index is 888. The number of anilines is 1. The Morgan fingerprint density at radius 1 is 1.33 bits per heavy atom. The maximum atomic E-state index is 11.4. The van der Waals surface area contributed by atoms with Crippen LogP contribution in [0.2, 0.25) is 5.02 Å². The first-order valence-electron chi connectivity index (χ1n) is 9.26. The largest absolute Gasteiger partial charge is 0.397 e. The summed E-state index contributed by atoms with van der Waals surface area (Å²) in [7, 11) is 0. The van der Waals surface area contributed by atoms with Crippen LogP contribution in [-0.2, 0) is 4.79 Å². The number of carbonyl (C=O) groups is 1. The summed E-state index contributed by atoms with van der Waals surface area (Å²) >= 11 is 7.90. The van der Waals surface area contributed by atoms with E-state index < -0.39 is 0 Å². The predicted octanol–water partition coefficient (Wildman–Crippen LogP) is 2.82. The lowest BCUT2D eigenvalue weighted by atomic mass is 10.2. The molecular weight excluding hydrogens is 382 g/mol. The van der Waals surface area contributed by atoms with E-state index in [9.17, 15) is 4.79 Å². The maximum absolute atomic E-state index is 11.4. The minimum atomic E-state index is 0.177. The van der Waals surface area contributed by atoms with Gasteiger partial charge in [0.05, 0.1) is 22.9 Å². The Morgan fingerprint density at radius 3 is 2.85 bits per heavy atom. The molecule has 0 bridgehead atoms. The number of nitrogens with one attached hydrogen (secondary N) is 1. The molecule has 3 N–H and O–H groups in total. The number of benzene rings is 1. The van der Waals surface area contributed by atoms with Crippen LogP contribution in [0.5, 0.6) is 0 Å². The number of nitrogens with two attached hydrogens (primary N) is 1. The summed E-state index contributed by atoms with van der Waals surface area (Å²) in [4.78, 5) is 24.1. The topological polar surface area (TPSA) is 77.7 Å². The summed E-state index contributed by atoms with van der Waals surface area (Å²) < 4.78 is 0. The van der Waals surface area contributed by atoms with Gasteiger partial charge in [-0.3, -0.25) is 14.7 Å². The molecule has 27 heavy (non-hydrogen) atoms. The molecule has 1 amide bonds. The third kappa shape index (κ3) is 4.10. The van der Waals surface area contributed by atoms with Crippen molar-refractivity contribution in [3.05, 3.63) is 28.9 Å². The number of hydrogen-bond donors (Lipinski definition) is 2. The van der Waals surface area contributed by atoms with E-state index >= 15 is 0 Å². The second kappa shape index (κ2) is 7.73. The Kier molecular flexibility index (Phi) is 5.34. The average Bonchev–Trinajstić information content (AvgIpc) is 3.27. The molecule has 2 aromatic rings. The number of thioether (sulfide) groups is 1. The number of carbonyl (C=O) groups excluding carboxylic acids is 1. The third-order valence-electron chi connectivity index (χ3n) is 5.26. The number of aromatic nitrogens is 1. The number of hydrogen-bond acceptors (Lipinski definition) is 5. The minimum Gasteiger partial charge on any atom is -0.397 e. The molecule has 1 atom stereocenters. The van der Waals surface area contributed by atoms with Crippen LogP contribution in [0.15, 0.2) is 23.2 Å². The number of H-pyrrole nitrogens is 1. The molecule has 1 saturated heterocycles. The van der Waals surface area contributed by atoms with Gasteiger partial charge in [0.2, 0.25) is 5.91 Å². The number of aliphatic imine (C=N–C) groups is 1. The summed E-state index contributed by atoms with van der Waals surface area (Å²) in [5.74, 6) is 1.19. The molecule has 1 unspecified atom stereocenters. The molecule has 2 aliphatic heterocycles. The summed E-state index contributed by atoms with van der Waals surface area (Å²) in [6.45, 7) is 6.26. The van der Waals surface area contributed by atoms with E-state index in [-0.39, 0.29) is 5.91 Å². The van der Waals surface area contributed by atoms with E-state index in [1.165, 1.54) is 0 Å². The third-order valence-corrected chi connectivity index (χ3v) is 6.63. The Hall–Kier alpha value is -1.70. The van der Waals surface area contributed by atoms with Crippen molar-refractivity contribution in [2.24, 2.45) is 4.99 Å². The van der Waals surface area contributed by atoms with Gasteiger partial charge in [0.1, 0.15) is 5.04 Å². The van der Waals surface area contributed by atoms with Gasteiger partial charge in [-0.15, -0.1) is 11.8 Å². The SMILES string of the molecule is CC(=O)N1CCN(CCC2CSC(c3cc4cc(Cl)cc(N)c4[nH]3)=N2)CC1. The molecule has 4 rings (SSSR count). The monoisotopic (exact) mass is 405 g/mol. The van der Waals surface area contributed by atoms with Crippen LogP contribution in [0.4, 0.5) is 5.69 Å². The van der Waals surface area contributed by atoms with Crippen molar-refractivity contribution in [1.82, 2.24) is 14.8 Å². The molecule has 2 aliphatic rings. The lowest BCUT2D eigenvalue weighted by Gasteiger charge is -2.34. The normalized spacial score (nSPS) is 21.0. The predicted molar refractivity (Wildman–Crippen MR) is 114 cm³/mol. The fourth-order valence-corrected chi connectivity index (χ4v) is 4.99. The van der Waals surface area contributed by atoms with Gasteiger partial charge in [0.15, 0.2) is 0 Å². The highest BCUT2D eigenvalue weighted by molar-refractivity contribution is 8.14. The van der Waals surface area contributed by atoms with Crippen molar-refractivity contribution in [1.29, 1.82) is 0 Å². The van der Waals surface area contributed by atoms with Crippen molar-refractivity contribution in [2.45, 2.75) is 19.4 Å². The number of nitrogens with zero attached hydrogens (tertiary/aromatic N) is 3. The van der Waals surface area contributed by atoms with Crippen molar-refractivity contribution >= 4 is 50.9 Å². The van der Waals surface area contributed by atoms with Crippen molar-refractivity contribution in [3.63, 3.8) is 0 Å². The van der Waals surface area contributed by atoms with Gasteiger partial charge in [0.25, 0.3) is 0 Å². The quantitative estimate of drug-likeness (QED) is 0.767. The molecule has 0 saturated carbocycles. The van der Waals surface area contributed by atoms with Gasteiger partial charge >= 0.3 is 0 Å². The zero-order valence-corrected chi connectivity index (χ0v) is 16.9. The van der Waals surface area contributed by atoms with Gasteiger partial charge in [-0.1, -0.05) is 11.6 Å². The first-order valence-corrected chi connectivity index (χ1v) is 10.6. The molecule has 3 heterocycles. The van der Waals surface area contributed by atoms with Gasteiger partial charge < -0.3 is 15.6 Å². The summed E-state index contributed by atoms with van der Waals surface area (Å²) in [6, 6.07) is 6.10. The second-order valence-corrected chi connectivity index (χ2v) is 8.62. The van der Waals surface area contributed by atoms with E-state index in [0.717, 1.165) is 66.5 Å². The molecular formula is C19H24ClN5OS. The number of nitrogen functional groups attached to an aromatic ring is 1. The van der Waals surface area contributed by atoms with E-state index in [1.807, 2.05) is 11.0 Å². The van der Waals surface area contributed by atoms with Crippen LogP contribution in [0, 0.1) is 0 Å². The zero-order chi connectivity index (χ0) is 19.0. The van der Waals surface area contributed by atoms with E-state index in [4.69, 9.17) is 22.3 Å². The summed E-state index contributed by atoms with van der Waals surface area (Å²) in [6.07, 6.45) is 1.05. The van der Waals surface area contributed by atoms with Gasteiger partial charge in [-0.2, -0.15) is 0 Å². The fourth-order valence-electron chi connectivity index (χ4n) is 3.68. The van der Waals surface area contributed by atoms with Crippen LogP contribution >= 0.6 is 23.4 Å². The molecule has 1 fully saturated rings. The summed E-state index contributed by atoms with van der Waals surface area (Å²) in [5.41, 5.74) is 8.66. The Morgan fingerprint density at radius 2 is 2.11 bits per heavy atom. The van der Waals surface area contributed by atoms with Crippen LogP contribution in [0.3, 0.4) is 0 Å². The van der Waals surface area contributed by atoms with Gasteiger partial charge in [0, 0.05) is 55.8 Å². The maximum Gasteiger partial charge on any atom is 0.219 e. The number of amides is 1. The van der Waals surface area contributed by atoms with Crippen LogP contribution in [-0.4, -0.2) is 70.3 Å². The smallest absolute Gasteiger partial charge is 0.219 e. The highest BCUT2D eigenvalue weighted by atomic mass is 35.5. The lowest BCUT2D eigenvalue weighted by molar-refractivity contribution is -0.130. The Balaban J connectivity index is 1.36. The fraction of sp³-hybridized carbons (Fsp3) is 0.474. The van der Waals surface area contributed by atoms with Crippen molar-refractivity contribution in [3.8, 4) is 0 Å². The standard InChI is InChI=1S/C19H24ClN5OS/c1-12(26)25-6-4-24(5-7-25)3-2-15-11-27-19(22-15)17-9-13-8-14(20)10-16(21)18(13)23-17/h8-10,15,23H,2-7,11,21H2,1H3. The first-order chi connectivity index (χ1) is 13.0. The second-order valence-electron chi connectivity index (χ2n) is 7.18. The van der Waals surface area contributed by atoms with Crippen LogP contribution in [0.25, 0.3) is 10.9 Å². The van der Waals surface area contributed by atoms with Gasteiger partial charge in [-0.05, 0) is 24.6 Å². The zero-order valence-electron chi connectivity index (χ0n) is 15.4. The molecule has 1 aromatic carbocycles. The highest BCUT2D eigenvalue weighted by Gasteiger charge is 2.23. The van der Waals surface area contributed by atoms with E-state index in [2.05, 4.69) is 16.0 Å².